The topological polar surface area (TPSA) is 88.3 Å². The van der Waals surface area contributed by atoms with Gasteiger partial charge in [0.15, 0.2) is 0 Å². The van der Waals surface area contributed by atoms with Gasteiger partial charge in [-0.3, -0.25) is 0 Å². The van der Waals surface area contributed by atoms with Crippen LogP contribution in [0.2, 0.25) is 0 Å². The minimum absolute atomic E-state index is 0.0945. The number of anilines is 2. The van der Waals surface area contributed by atoms with Crippen molar-refractivity contribution in [1.29, 1.82) is 0 Å². The van der Waals surface area contributed by atoms with Crippen LogP contribution in [0.15, 0.2) is 36.7 Å². The van der Waals surface area contributed by atoms with Crippen molar-refractivity contribution in [3.8, 4) is 22.8 Å². The molecular formula is C26H29FIN4O3-. The Kier molecular flexibility index (Phi) is 6.86. The normalized spacial score (nSPS) is 22.2. The molecule has 3 aromatic rings. The molecule has 0 radical (unpaired) electrons. The molecule has 1 aromatic carbocycles. The summed E-state index contributed by atoms with van der Waals surface area (Å²) in [7, 11) is 1.43. The fraction of sp³-hybridized carbons (Fsp3) is 0.385. The summed E-state index contributed by atoms with van der Waals surface area (Å²) in [5.74, 6) is 1.23. The number of nitrogens with one attached hydrogen (secondary N) is 3. The molecule has 2 aromatic heterocycles. The average Bonchev–Trinajstić information content (AvgIpc) is 3.23. The average molecular weight is 591 g/mol. The molecule has 3 atom stereocenters. The van der Waals surface area contributed by atoms with E-state index in [4.69, 9.17) is 9.47 Å². The van der Waals surface area contributed by atoms with Crippen LogP contribution in [0, 0.1) is 17.7 Å². The van der Waals surface area contributed by atoms with E-state index in [1.54, 1.807) is 24.5 Å². The fourth-order valence-corrected chi connectivity index (χ4v) is 8.24. The van der Waals surface area contributed by atoms with Gasteiger partial charge in [0.1, 0.15) is 0 Å². The van der Waals surface area contributed by atoms with E-state index in [1.807, 2.05) is 6.07 Å². The predicted molar refractivity (Wildman–Crippen MR) is 129 cm³/mol. The molecule has 3 N–H and O–H groups in total. The van der Waals surface area contributed by atoms with Gasteiger partial charge in [-0.25, -0.2) is 0 Å². The Morgan fingerprint density at radius 1 is 1.26 bits per heavy atom. The van der Waals surface area contributed by atoms with Gasteiger partial charge in [-0.2, -0.15) is 0 Å². The number of hydrogen-bond donors (Lipinski definition) is 3. The van der Waals surface area contributed by atoms with E-state index in [1.165, 1.54) is 13.2 Å². The van der Waals surface area contributed by atoms with Crippen molar-refractivity contribution in [1.82, 2.24) is 15.3 Å². The molecule has 2 aliphatic heterocycles. The molecule has 9 heteroatoms. The molecule has 0 saturated carbocycles. The van der Waals surface area contributed by atoms with Crippen molar-refractivity contribution in [2.75, 3.05) is 30.0 Å². The molecule has 5 rings (SSSR count). The van der Waals surface area contributed by atoms with Gasteiger partial charge in [0.25, 0.3) is 0 Å². The van der Waals surface area contributed by atoms with Crippen molar-refractivity contribution in [2.45, 2.75) is 24.2 Å². The number of para-hydroxylation sites is 1. The SMILES string of the molecule is COc1c(F)cccc1Nc1c2[nH]c3c1C(=O)NC[C@H]3[I-]CC(C)C(C)CCOc1cnccc1-2. The van der Waals surface area contributed by atoms with E-state index in [0.29, 0.717) is 47.7 Å². The van der Waals surface area contributed by atoms with Crippen molar-refractivity contribution in [2.24, 2.45) is 11.8 Å². The fourth-order valence-electron chi connectivity index (χ4n) is 4.51. The summed E-state index contributed by atoms with van der Waals surface area (Å²) in [6.45, 7) is 5.82. The van der Waals surface area contributed by atoms with Crippen LogP contribution in [0.5, 0.6) is 11.5 Å². The Bertz CT molecular complexity index is 1250. The van der Waals surface area contributed by atoms with E-state index in [2.05, 4.69) is 34.4 Å². The summed E-state index contributed by atoms with van der Waals surface area (Å²) in [4.78, 5) is 21.1. The summed E-state index contributed by atoms with van der Waals surface area (Å²) in [5.41, 5.74) is 4.08. The number of methoxy groups -OCH3 is 1. The second-order valence-electron chi connectivity index (χ2n) is 9.06. The number of amides is 1. The number of ether oxygens (including phenoxy) is 2. The molecule has 0 spiro atoms. The summed E-state index contributed by atoms with van der Waals surface area (Å²) in [6.07, 6.45) is 4.38. The van der Waals surface area contributed by atoms with Gasteiger partial charge in [0, 0.05) is 0 Å². The number of rotatable bonds is 3. The first-order chi connectivity index (χ1) is 17.0. The Hall–Kier alpha value is -2.82. The van der Waals surface area contributed by atoms with Crippen LogP contribution in [-0.2, 0) is 0 Å². The number of hydrogen-bond acceptors (Lipinski definition) is 5. The van der Waals surface area contributed by atoms with E-state index >= 15 is 0 Å². The number of halogens is 2. The summed E-state index contributed by atoms with van der Waals surface area (Å²) in [6, 6.07) is 6.58. The number of aromatic amines is 1. The van der Waals surface area contributed by atoms with E-state index in [-0.39, 0.29) is 36.8 Å². The molecule has 2 aliphatic rings. The van der Waals surface area contributed by atoms with Gasteiger partial charge in [0.05, 0.1) is 0 Å². The molecule has 0 fully saturated rings. The molecule has 4 heterocycles. The molecule has 7 nitrogen and oxygen atoms in total. The number of H-pyrrole nitrogens is 1. The Labute approximate surface area is 214 Å². The molecule has 2 bridgehead atoms. The zero-order valence-electron chi connectivity index (χ0n) is 20.0. The second kappa shape index (κ2) is 10.0. The number of fused-ring (bicyclic) bond motifs is 3. The zero-order valence-corrected chi connectivity index (χ0v) is 22.1. The molecule has 0 saturated heterocycles. The Morgan fingerprint density at radius 3 is 2.94 bits per heavy atom. The minimum atomic E-state index is -0.477. The van der Waals surface area contributed by atoms with Gasteiger partial charge in [-0.1, -0.05) is 0 Å². The van der Waals surface area contributed by atoms with Crippen molar-refractivity contribution < 1.29 is 39.9 Å². The number of alkyl halides is 2. The summed E-state index contributed by atoms with van der Waals surface area (Å²) >= 11 is -0.229. The number of nitrogens with zero attached hydrogens (tertiary/aromatic N) is 1. The molecule has 2 unspecified atom stereocenters. The first-order valence-electron chi connectivity index (χ1n) is 11.8. The Balaban J connectivity index is 1.70. The van der Waals surface area contributed by atoms with Gasteiger partial charge < -0.3 is 0 Å². The van der Waals surface area contributed by atoms with Crippen LogP contribution in [0.1, 0.15) is 40.2 Å². The second-order valence-corrected chi connectivity index (χ2v) is 12.3. The summed E-state index contributed by atoms with van der Waals surface area (Å²) in [5, 5.41) is 6.42. The number of carbonyl (C=O) groups is 1. The maximum absolute atomic E-state index is 14.5. The van der Waals surface area contributed by atoms with Crippen LogP contribution in [-0.4, -0.2) is 40.6 Å². The van der Waals surface area contributed by atoms with Crippen molar-refractivity contribution in [3.63, 3.8) is 0 Å². The summed E-state index contributed by atoms with van der Waals surface area (Å²) < 4.78 is 27.4. The third kappa shape index (κ3) is 4.57. The third-order valence-electron chi connectivity index (χ3n) is 6.82. The standard InChI is InChI=1S/C26H29FIN4O3/c1-14-8-10-35-20-13-29-9-7-16(20)22-24(31-19-6-4-5-17(27)25(19)34-3)21-23(32-22)18(12-30-26(21)33)28-11-15(14)2/h4-7,9,13-15,18,31-32H,8,10-12H2,1-3H3,(H,30,33)/q-1/t14?,15?,18-/m1/s1. The maximum atomic E-state index is 14.5. The van der Waals surface area contributed by atoms with Gasteiger partial charge in [-0.05, 0) is 0 Å². The van der Waals surface area contributed by atoms with Gasteiger partial charge >= 0.3 is 215 Å². The molecule has 186 valence electrons. The van der Waals surface area contributed by atoms with Crippen molar-refractivity contribution in [3.05, 3.63) is 53.7 Å². The molecule has 1 amide bonds. The van der Waals surface area contributed by atoms with Crippen LogP contribution < -0.4 is 41.3 Å². The first kappa shape index (κ1) is 23.9. The van der Waals surface area contributed by atoms with Gasteiger partial charge in [0.2, 0.25) is 0 Å². The molecule has 0 aliphatic carbocycles. The number of benzene rings is 1. The first-order valence-corrected chi connectivity index (χ1v) is 14.5. The third-order valence-corrected chi connectivity index (χ3v) is 10.8. The van der Waals surface area contributed by atoms with Crippen LogP contribution in [0.4, 0.5) is 15.8 Å². The van der Waals surface area contributed by atoms with Crippen LogP contribution in [0.25, 0.3) is 11.3 Å². The quantitative estimate of drug-likeness (QED) is 0.320. The van der Waals surface area contributed by atoms with E-state index in [9.17, 15) is 9.18 Å². The molecular weight excluding hydrogens is 562 g/mol. The van der Waals surface area contributed by atoms with Crippen LogP contribution >= 0.6 is 0 Å². The van der Waals surface area contributed by atoms with E-state index < -0.39 is 5.82 Å². The van der Waals surface area contributed by atoms with Crippen LogP contribution in [0.3, 0.4) is 0 Å². The number of carbonyl (C=O) groups excluding carboxylic acids is 1. The molecule has 35 heavy (non-hydrogen) atoms. The number of aromatic nitrogens is 2. The van der Waals surface area contributed by atoms with E-state index in [0.717, 1.165) is 27.8 Å². The Morgan fingerprint density at radius 2 is 2.11 bits per heavy atom. The monoisotopic (exact) mass is 591 g/mol. The van der Waals surface area contributed by atoms with Crippen molar-refractivity contribution >= 4 is 17.3 Å². The number of pyridine rings is 1. The van der Waals surface area contributed by atoms with Gasteiger partial charge in [-0.15, -0.1) is 0 Å². The zero-order chi connectivity index (χ0) is 24.5. The predicted octanol–water partition coefficient (Wildman–Crippen LogP) is 1.90.